The fourth-order valence-electron chi connectivity index (χ4n) is 3.66. The summed E-state index contributed by atoms with van der Waals surface area (Å²) in [4.78, 5) is 58.1. The number of carbonyl (C=O) groups is 2. The molecule has 13 heteroatoms. The fourth-order valence-corrected chi connectivity index (χ4v) is 4.85. The van der Waals surface area contributed by atoms with Crippen molar-refractivity contribution in [2.45, 2.75) is 24.6 Å². The first kappa shape index (κ1) is 26.0. The van der Waals surface area contributed by atoms with E-state index in [9.17, 15) is 24.3 Å². The zero-order valence-corrected chi connectivity index (χ0v) is 21.0. The number of hydrogen-bond acceptors (Lipinski definition) is 8. The number of aromatic nitrogens is 2. The highest BCUT2D eigenvalue weighted by atomic mass is 35.5. The van der Waals surface area contributed by atoms with Gasteiger partial charge in [0.1, 0.15) is 22.6 Å². The molecule has 0 saturated carbocycles. The number of thioether (sulfide) groups is 1. The molecule has 1 aliphatic rings. The topological polar surface area (TPSA) is 166 Å². The van der Waals surface area contributed by atoms with Gasteiger partial charge < -0.3 is 20.5 Å². The molecule has 0 radical (unpaired) electrons. The average Bonchev–Trinajstić information content (AvgIpc) is 3.17. The number of carbonyl (C=O) groups excluding carboxylic acids is 2. The van der Waals surface area contributed by atoms with Crippen LogP contribution in [0, 0.1) is 0 Å². The maximum Gasteiger partial charge on any atom is 0.328 e. The Morgan fingerprint density at radius 1 is 1.19 bits per heavy atom. The molecule has 2 heterocycles. The van der Waals surface area contributed by atoms with Crippen LogP contribution in [0.25, 0.3) is 0 Å². The van der Waals surface area contributed by atoms with Gasteiger partial charge in [-0.1, -0.05) is 47.6 Å². The predicted octanol–water partition coefficient (Wildman–Crippen LogP) is 2.53. The van der Waals surface area contributed by atoms with Gasteiger partial charge in [0.15, 0.2) is 5.17 Å². The first-order valence-corrected chi connectivity index (χ1v) is 12.4. The van der Waals surface area contributed by atoms with Gasteiger partial charge in [0, 0.05) is 11.4 Å². The number of para-hydroxylation sites is 2. The van der Waals surface area contributed by atoms with Crippen LogP contribution in [-0.4, -0.2) is 43.9 Å². The lowest BCUT2D eigenvalue weighted by atomic mass is 10.0. The van der Waals surface area contributed by atoms with Crippen molar-refractivity contribution in [3.05, 3.63) is 85.5 Å². The van der Waals surface area contributed by atoms with Gasteiger partial charge in [-0.3, -0.25) is 24.4 Å². The van der Waals surface area contributed by atoms with E-state index in [1.165, 1.54) is 0 Å². The molecule has 0 spiro atoms. The molecule has 0 bridgehead atoms. The summed E-state index contributed by atoms with van der Waals surface area (Å²) in [5.74, 6) is -0.996. The normalized spacial score (nSPS) is 16.9. The number of ether oxygens (including phenoxy) is 1. The summed E-state index contributed by atoms with van der Waals surface area (Å²) in [6, 6.07) is 12.3. The first-order chi connectivity index (χ1) is 17.7. The highest BCUT2D eigenvalue weighted by Crippen LogP contribution is 2.33. The average molecular weight is 544 g/mol. The van der Waals surface area contributed by atoms with Crippen molar-refractivity contribution in [1.82, 2.24) is 15.3 Å². The van der Waals surface area contributed by atoms with Crippen LogP contribution < -0.4 is 26.6 Å². The van der Waals surface area contributed by atoms with Gasteiger partial charge in [0.05, 0.1) is 12.3 Å². The van der Waals surface area contributed by atoms with E-state index in [0.717, 1.165) is 11.8 Å². The second kappa shape index (κ2) is 11.4. The lowest BCUT2D eigenvalue weighted by Gasteiger charge is -2.15. The Hall–Kier alpha value is -4.03. The van der Waals surface area contributed by atoms with Crippen LogP contribution in [0.4, 0.5) is 5.69 Å². The Morgan fingerprint density at radius 3 is 2.70 bits per heavy atom. The maximum atomic E-state index is 12.7. The quantitative estimate of drug-likeness (QED) is 0.291. The van der Waals surface area contributed by atoms with Gasteiger partial charge >= 0.3 is 5.69 Å². The molecule has 1 fully saturated rings. The second-order valence-corrected chi connectivity index (χ2v) is 9.47. The van der Waals surface area contributed by atoms with Gasteiger partial charge in [-0.2, -0.15) is 0 Å². The number of amidine groups is 1. The van der Waals surface area contributed by atoms with Crippen molar-refractivity contribution in [2.75, 3.05) is 11.9 Å². The van der Waals surface area contributed by atoms with Crippen molar-refractivity contribution < 1.29 is 19.4 Å². The molecule has 1 aliphatic heterocycles. The van der Waals surface area contributed by atoms with Gasteiger partial charge in [0.25, 0.3) is 5.56 Å². The number of hydrogen-bond donors (Lipinski definition) is 5. The minimum absolute atomic E-state index is 0.132. The van der Waals surface area contributed by atoms with Crippen molar-refractivity contribution in [3.8, 4) is 11.6 Å². The molecule has 0 unspecified atom stereocenters. The van der Waals surface area contributed by atoms with Crippen molar-refractivity contribution in [3.63, 3.8) is 0 Å². The highest BCUT2D eigenvalue weighted by Gasteiger charge is 2.34. The summed E-state index contributed by atoms with van der Waals surface area (Å²) in [6.07, 6.45) is -0.150. The van der Waals surface area contributed by atoms with Crippen LogP contribution in [0.2, 0.25) is 5.02 Å². The van der Waals surface area contributed by atoms with Gasteiger partial charge in [-0.05, 0) is 36.8 Å². The molecular formula is C24H22ClN5O6S. The summed E-state index contributed by atoms with van der Waals surface area (Å²) in [5.41, 5.74) is -1.06. The highest BCUT2D eigenvalue weighted by molar-refractivity contribution is 8.15. The number of aromatic amines is 2. The molecule has 192 valence electrons. The number of aliphatic imine (C=N–C) groups is 1. The number of nitrogens with one attached hydrogen (secondary N) is 4. The number of nitrogens with zero attached hydrogens (tertiary/aromatic N) is 1. The third kappa shape index (κ3) is 6.22. The summed E-state index contributed by atoms with van der Waals surface area (Å²) < 4.78 is 5.51. The third-order valence-electron chi connectivity index (χ3n) is 5.25. The lowest BCUT2D eigenvalue weighted by Crippen LogP contribution is -2.29. The molecule has 37 heavy (non-hydrogen) atoms. The van der Waals surface area contributed by atoms with E-state index in [1.807, 2.05) is 6.92 Å². The lowest BCUT2D eigenvalue weighted by molar-refractivity contribution is -0.122. The van der Waals surface area contributed by atoms with Crippen molar-refractivity contribution in [1.29, 1.82) is 0 Å². The zero-order valence-electron chi connectivity index (χ0n) is 19.4. The minimum atomic E-state index is -1.12. The van der Waals surface area contributed by atoms with Gasteiger partial charge in [-0.15, -0.1) is 0 Å². The summed E-state index contributed by atoms with van der Waals surface area (Å²) >= 11 is 7.12. The van der Waals surface area contributed by atoms with Crippen LogP contribution in [0.1, 0.15) is 30.5 Å². The standard InChI is InChI=1S/C24H22ClN5O6S/c1-2-36-15-9-4-3-8-14(15)26-17(31)11-16-20(32)30-24(37-16)27-19(12-6-5-7-13(25)10-12)18-21(33)28-23(35)29-22(18)34/h3-10,16,19H,2,11H2,1H3,(H,26,31)(H,27,30,32)(H3,28,29,33,34,35)/t16-,19-/m0/s1. The van der Waals surface area contributed by atoms with E-state index >= 15 is 0 Å². The van der Waals surface area contributed by atoms with Crippen LogP contribution >= 0.6 is 23.4 Å². The van der Waals surface area contributed by atoms with E-state index < -0.39 is 40.2 Å². The van der Waals surface area contributed by atoms with E-state index in [0.29, 0.717) is 28.6 Å². The molecular weight excluding hydrogens is 522 g/mol. The molecule has 2 aromatic carbocycles. The summed E-state index contributed by atoms with van der Waals surface area (Å²) in [6.45, 7) is 2.26. The minimum Gasteiger partial charge on any atom is -0.494 e. The van der Waals surface area contributed by atoms with Crippen LogP contribution in [0.3, 0.4) is 0 Å². The molecule has 3 aromatic rings. The van der Waals surface area contributed by atoms with Crippen molar-refractivity contribution >= 4 is 46.0 Å². The van der Waals surface area contributed by atoms with Crippen molar-refractivity contribution in [2.24, 2.45) is 4.99 Å². The van der Waals surface area contributed by atoms with Gasteiger partial charge in [0.2, 0.25) is 17.7 Å². The number of amides is 2. The Kier molecular flexibility index (Phi) is 7.99. The molecule has 1 saturated heterocycles. The molecule has 11 nitrogen and oxygen atoms in total. The zero-order chi connectivity index (χ0) is 26.5. The Morgan fingerprint density at radius 2 is 1.97 bits per heavy atom. The molecule has 0 aliphatic carbocycles. The number of anilines is 1. The Bertz CT molecular complexity index is 1490. The molecule has 1 aromatic heterocycles. The predicted molar refractivity (Wildman–Crippen MR) is 140 cm³/mol. The first-order valence-electron chi connectivity index (χ1n) is 11.1. The smallest absolute Gasteiger partial charge is 0.328 e. The third-order valence-corrected chi connectivity index (χ3v) is 6.58. The maximum absolute atomic E-state index is 12.7. The fraction of sp³-hybridized carbons (Fsp3) is 0.208. The molecule has 2 atom stereocenters. The largest absolute Gasteiger partial charge is 0.494 e. The van der Waals surface area contributed by atoms with Crippen LogP contribution in [-0.2, 0) is 9.59 Å². The number of benzene rings is 2. The molecule has 2 amide bonds. The van der Waals surface area contributed by atoms with E-state index in [-0.39, 0.29) is 17.2 Å². The summed E-state index contributed by atoms with van der Waals surface area (Å²) in [7, 11) is 0. The van der Waals surface area contributed by atoms with Gasteiger partial charge in [-0.25, -0.2) is 9.79 Å². The second-order valence-electron chi connectivity index (χ2n) is 7.84. The number of H-pyrrole nitrogens is 2. The van der Waals surface area contributed by atoms with Crippen LogP contribution in [0.5, 0.6) is 11.6 Å². The number of rotatable bonds is 8. The number of halogens is 1. The van der Waals surface area contributed by atoms with Crippen LogP contribution in [0.15, 0.2) is 63.1 Å². The molecule has 4 rings (SSSR count). The monoisotopic (exact) mass is 543 g/mol. The summed E-state index contributed by atoms with van der Waals surface area (Å²) in [5, 5.41) is 15.4. The Balaban J connectivity index is 1.58. The number of aromatic hydroxyl groups is 1. The molecule has 5 N–H and O–H groups in total. The SMILES string of the molecule is CCOc1ccccc1NC(=O)C[C@@H]1SC(=N[C@@H](c2cccc(Cl)c2)c2c(O)[nH]c(=O)[nH]c2=O)NC1=O. The van der Waals surface area contributed by atoms with E-state index in [1.54, 1.807) is 48.5 Å². The van der Waals surface area contributed by atoms with E-state index in [2.05, 4.69) is 25.6 Å². The Labute approximate surface area is 219 Å². The van der Waals surface area contributed by atoms with E-state index in [4.69, 9.17) is 16.3 Å².